The number of nitrogens with two attached hydrogens (primary N) is 1. The first-order valence-electron chi connectivity index (χ1n) is 8.63. The van der Waals surface area contributed by atoms with Gasteiger partial charge in [0, 0.05) is 40.8 Å². The first kappa shape index (κ1) is 17.2. The van der Waals surface area contributed by atoms with Gasteiger partial charge in [-0.05, 0) is 25.3 Å². The maximum absolute atomic E-state index is 13.0. The molecule has 0 spiro atoms. The van der Waals surface area contributed by atoms with Gasteiger partial charge in [0.1, 0.15) is 26.5 Å². The number of anilines is 1. The molecule has 0 aliphatic heterocycles. The molecular formula is C18H17N5OS3. The maximum atomic E-state index is 13.0. The van der Waals surface area contributed by atoms with Crippen molar-refractivity contribution in [3.05, 3.63) is 30.2 Å². The molecular weight excluding hydrogens is 398 g/mol. The van der Waals surface area contributed by atoms with Crippen LogP contribution in [-0.4, -0.2) is 29.3 Å². The average Bonchev–Trinajstić information content (AvgIpc) is 3.33. The van der Waals surface area contributed by atoms with Gasteiger partial charge in [0.2, 0.25) is 4.21 Å². The number of imidazole rings is 1. The van der Waals surface area contributed by atoms with Gasteiger partial charge < -0.3 is 14.9 Å². The molecule has 6 nitrogen and oxygen atoms in total. The lowest BCUT2D eigenvalue weighted by Crippen LogP contribution is -2.28. The van der Waals surface area contributed by atoms with Gasteiger partial charge >= 0.3 is 0 Å². The van der Waals surface area contributed by atoms with Crippen LogP contribution in [-0.2, 0) is 18.2 Å². The van der Waals surface area contributed by atoms with E-state index in [1.165, 1.54) is 11.3 Å². The molecule has 0 aromatic carbocycles. The molecule has 0 radical (unpaired) electrons. The maximum Gasteiger partial charge on any atom is 0.232 e. The normalized spacial score (nSPS) is 15.9. The third-order valence-electron chi connectivity index (χ3n) is 4.95. The molecule has 1 atom stereocenters. The number of nitrogens with zero attached hydrogens (tertiary/aromatic N) is 4. The minimum atomic E-state index is -1.07. The third-order valence-corrected chi connectivity index (χ3v) is 9.04. The molecule has 0 bridgehead atoms. The number of nitrogen functional groups attached to an aromatic ring is 1. The number of aromatic nitrogens is 4. The molecule has 0 saturated heterocycles. The summed E-state index contributed by atoms with van der Waals surface area (Å²) in [5.41, 5.74) is 9.82. The van der Waals surface area contributed by atoms with Crippen LogP contribution in [0.2, 0.25) is 0 Å². The molecule has 5 rings (SSSR count). The van der Waals surface area contributed by atoms with Gasteiger partial charge in [0.25, 0.3) is 0 Å². The zero-order chi connectivity index (χ0) is 18.5. The van der Waals surface area contributed by atoms with Crippen molar-refractivity contribution in [3.8, 4) is 22.0 Å². The smallest absolute Gasteiger partial charge is 0.232 e. The van der Waals surface area contributed by atoms with Crippen LogP contribution in [0.3, 0.4) is 0 Å². The molecule has 27 heavy (non-hydrogen) atoms. The number of thiophene rings is 1. The van der Waals surface area contributed by atoms with Gasteiger partial charge in [0.05, 0.1) is 18.2 Å². The molecule has 138 valence electrons. The number of fused-ring (bicyclic) bond motifs is 1. The van der Waals surface area contributed by atoms with Crippen molar-refractivity contribution in [1.82, 2.24) is 19.5 Å². The van der Waals surface area contributed by atoms with Crippen molar-refractivity contribution in [1.29, 1.82) is 0 Å². The molecule has 4 heterocycles. The fourth-order valence-electron chi connectivity index (χ4n) is 3.26. The summed E-state index contributed by atoms with van der Waals surface area (Å²) < 4.78 is 15.7. The average molecular weight is 416 g/mol. The first-order valence-corrected chi connectivity index (χ1v) is 11.5. The highest BCUT2D eigenvalue weighted by Crippen LogP contribution is 2.45. The van der Waals surface area contributed by atoms with Crippen LogP contribution in [0.15, 0.2) is 34.4 Å². The lowest BCUT2D eigenvalue weighted by molar-refractivity contribution is 0.478. The van der Waals surface area contributed by atoms with Crippen LogP contribution in [0.25, 0.3) is 32.2 Å². The van der Waals surface area contributed by atoms with E-state index in [1.807, 2.05) is 29.3 Å². The summed E-state index contributed by atoms with van der Waals surface area (Å²) in [6.45, 7) is 0. The van der Waals surface area contributed by atoms with E-state index >= 15 is 0 Å². The van der Waals surface area contributed by atoms with Gasteiger partial charge in [-0.15, -0.1) is 11.3 Å². The van der Waals surface area contributed by atoms with Crippen molar-refractivity contribution < 1.29 is 4.55 Å². The van der Waals surface area contributed by atoms with E-state index in [0.717, 1.165) is 55.6 Å². The van der Waals surface area contributed by atoms with Gasteiger partial charge in [-0.25, -0.2) is 15.0 Å². The Morgan fingerprint density at radius 2 is 2.22 bits per heavy atom. The highest BCUT2D eigenvalue weighted by molar-refractivity contribution is 7.94. The van der Waals surface area contributed by atoms with Crippen molar-refractivity contribution in [2.45, 2.75) is 28.7 Å². The van der Waals surface area contributed by atoms with Gasteiger partial charge in [-0.1, -0.05) is 11.3 Å². The summed E-state index contributed by atoms with van der Waals surface area (Å²) in [6.07, 6.45) is 8.52. The largest absolute Gasteiger partial charge is 0.611 e. The highest BCUT2D eigenvalue weighted by atomic mass is 32.2. The summed E-state index contributed by atoms with van der Waals surface area (Å²) >= 11 is 1.92. The van der Waals surface area contributed by atoms with Crippen molar-refractivity contribution in [2.24, 2.45) is 7.05 Å². The number of hydrogen-bond acceptors (Lipinski definition) is 7. The molecule has 1 fully saturated rings. The van der Waals surface area contributed by atoms with E-state index in [2.05, 4.69) is 9.97 Å². The summed E-state index contributed by atoms with van der Waals surface area (Å²) in [7, 11) is 1.95. The zero-order valence-electron chi connectivity index (χ0n) is 14.6. The van der Waals surface area contributed by atoms with Crippen LogP contribution < -0.4 is 5.73 Å². The minimum Gasteiger partial charge on any atom is -0.611 e. The van der Waals surface area contributed by atoms with Crippen LogP contribution >= 0.6 is 22.7 Å². The molecule has 2 N–H and O–H groups in total. The van der Waals surface area contributed by atoms with E-state index in [0.29, 0.717) is 5.69 Å². The Morgan fingerprint density at radius 3 is 2.85 bits per heavy atom. The fraction of sp³-hybridized carbons (Fsp3) is 0.278. The molecule has 1 aliphatic rings. The van der Waals surface area contributed by atoms with Gasteiger partial charge in [-0.2, -0.15) is 0 Å². The predicted molar refractivity (Wildman–Crippen MR) is 111 cm³/mol. The SMILES string of the molecule is Cn1cncc1-c1cc(-c2nccs2)nc2sc([S+]([O-])C3CCC3)c(N)c12. The Morgan fingerprint density at radius 1 is 1.37 bits per heavy atom. The van der Waals surface area contributed by atoms with Crippen LogP contribution in [0.1, 0.15) is 19.3 Å². The number of pyridine rings is 1. The lowest BCUT2D eigenvalue weighted by atomic mass is 10.0. The third kappa shape index (κ3) is 2.77. The van der Waals surface area contributed by atoms with Crippen molar-refractivity contribution in [2.75, 3.05) is 5.73 Å². The van der Waals surface area contributed by atoms with Crippen molar-refractivity contribution >= 4 is 49.8 Å². The Labute approximate surface area is 167 Å². The minimum absolute atomic E-state index is 0.221. The van der Waals surface area contributed by atoms with Gasteiger partial charge in [-0.3, -0.25) is 0 Å². The van der Waals surface area contributed by atoms with E-state index < -0.39 is 11.2 Å². The van der Waals surface area contributed by atoms with Crippen LogP contribution in [0, 0.1) is 0 Å². The Balaban J connectivity index is 1.76. The Hall–Kier alpha value is -1.94. The Kier molecular flexibility index (Phi) is 4.19. The molecule has 4 aromatic heterocycles. The second kappa shape index (κ2) is 6.59. The summed E-state index contributed by atoms with van der Waals surface area (Å²) in [4.78, 5) is 14.3. The van der Waals surface area contributed by atoms with E-state index in [-0.39, 0.29) is 5.25 Å². The van der Waals surface area contributed by atoms with Crippen LogP contribution in [0.5, 0.6) is 0 Å². The van der Waals surface area contributed by atoms with Crippen LogP contribution in [0.4, 0.5) is 5.69 Å². The molecule has 1 aliphatic carbocycles. The quantitative estimate of drug-likeness (QED) is 0.507. The number of rotatable bonds is 4. The standard InChI is InChI=1S/C18H17N5OS3/c1-23-9-20-8-13(23)11-7-12(16-21-5-6-25-16)22-17-14(11)15(19)18(26-17)27(24)10-3-2-4-10/h5-10H,2-4,19H2,1H3. The summed E-state index contributed by atoms with van der Waals surface area (Å²) in [6, 6.07) is 2.01. The highest BCUT2D eigenvalue weighted by Gasteiger charge is 2.35. The Bertz CT molecular complexity index is 1110. The molecule has 1 saturated carbocycles. The zero-order valence-corrected chi connectivity index (χ0v) is 17.0. The number of aryl methyl sites for hydroxylation is 1. The summed E-state index contributed by atoms with van der Waals surface area (Å²) in [5.74, 6) is 0. The lowest BCUT2D eigenvalue weighted by Gasteiger charge is -2.27. The van der Waals surface area contributed by atoms with Crippen molar-refractivity contribution in [3.63, 3.8) is 0 Å². The second-order valence-electron chi connectivity index (χ2n) is 6.62. The molecule has 4 aromatic rings. The molecule has 9 heteroatoms. The van der Waals surface area contributed by atoms with E-state index in [4.69, 9.17) is 10.7 Å². The van der Waals surface area contributed by atoms with Gasteiger partial charge in [0.15, 0.2) is 0 Å². The first-order chi connectivity index (χ1) is 13.1. The topological polar surface area (TPSA) is 92.7 Å². The van der Waals surface area contributed by atoms with E-state index in [1.54, 1.807) is 23.9 Å². The monoisotopic (exact) mass is 415 g/mol. The number of thiazole rings is 1. The van der Waals surface area contributed by atoms with E-state index in [9.17, 15) is 4.55 Å². The fourth-order valence-corrected chi connectivity index (χ4v) is 7.07. The molecule has 1 unspecified atom stereocenters. The number of hydrogen-bond donors (Lipinski definition) is 1. The second-order valence-corrected chi connectivity index (χ2v) is 10.4. The summed E-state index contributed by atoms with van der Waals surface area (Å²) in [5, 5.41) is 3.88. The molecule has 0 amide bonds. The predicted octanol–water partition coefficient (Wildman–Crippen LogP) is 4.06.